The zero-order valence-electron chi connectivity index (χ0n) is 17.9. The first-order valence-electron chi connectivity index (χ1n) is 10.7. The molecule has 5 rings (SSSR count). The summed E-state index contributed by atoms with van der Waals surface area (Å²) in [5, 5.41) is 12.7. The first kappa shape index (κ1) is 20.8. The van der Waals surface area contributed by atoms with Gasteiger partial charge in [-0.3, -0.25) is 0 Å². The van der Waals surface area contributed by atoms with Crippen molar-refractivity contribution < 1.29 is 12.9 Å². The average molecular weight is 453 g/mol. The third-order valence-corrected chi connectivity index (χ3v) is 7.43. The Morgan fingerprint density at radius 1 is 1.12 bits per heavy atom. The van der Waals surface area contributed by atoms with E-state index in [0.717, 1.165) is 35.0 Å². The summed E-state index contributed by atoms with van der Waals surface area (Å²) in [4.78, 5) is 4.59. The van der Waals surface area contributed by atoms with Crippen molar-refractivity contribution in [1.29, 1.82) is 0 Å². The highest BCUT2D eigenvalue weighted by Gasteiger charge is 2.24. The standard InChI is InChI=1S/C22H24N6O3S/c1-14-7-10-18(11-8-14)32(29,30)26-15(2)22-23-21(25-31-22)16-9-12-20-19(13-16)24-27-28(20)17-5-3-4-6-17/h7-13,15,17,26H,3-6H2,1-2H3/t15-/m0/s1. The van der Waals surface area contributed by atoms with Crippen LogP contribution < -0.4 is 4.72 Å². The van der Waals surface area contributed by atoms with Gasteiger partial charge >= 0.3 is 0 Å². The maximum Gasteiger partial charge on any atom is 0.244 e. The van der Waals surface area contributed by atoms with Crippen LogP contribution in [0.25, 0.3) is 22.4 Å². The SMILES string of the molecule is Cc1ccc(S(=O)(=O)N[C@@H](C)c2nc(-c3ccc4c(c3)nnn4C3CCCC3)no2)cc1. The number of rotatable bonds is 6. The van der Waals surface area contributed by atoms with Crippen molar-refractivity contribution in [3.63, 3.8) is 0 Å². The second-order valence-corrected chi connectivity index (χ2v) is 10.0. The molecule has 32 heavy (non-hydrogen) atoms. The summed E-state index contributed by atoms with van der Waals surface area (Å²) in [5.74, 6) is 0.559. The van der Waals surface area contributed by atoms with Crippen molar-refractivity contribution in [3.8, 4) is 11.4 Å². The molecule has 0 bridgehead atoms. The van der Waals surface area contributed by atoms with E-state index in [-0.39, 0.29) is 10.8 Å². The molecule has 166 valence electrons. The highest BCUT2D eigenvalue weighted by molar-refractivity contribution is 7.89. The van der Waals surface area contributed by atoms with Crippen LogP contribution in [0.5, 0.6) is 0 Å². The molecule has 0 saturated heterocycles. The molecular formula is C22H24N6O3S. The quantitative estimate of drug-likeness (QED) is 0.471. The smallest absolute Gasteiger partial charge is 0.244 e. The summed E-state index contributed by atoms with van der Waals surface area (Å²) < 4.78 is 35.2. The first-order valence-corrected chi connectivity index (χ1v) is 12.2. The minimum atomic E-state index is -3.71. The van der Waals surface area contributed by atoms with Gasteiger partial charge in [-0.1, -0.05) is 40.9 Å². The number of sulfonamides is 1. The van der Waals surface area contributed by atoms with Crippen LogP contribution in [0, 0.1) is 6.92 Å². The van der Waals surface area contributed by atoms with E-state index in [9.17, 15) is 8.42 Å². The van der Waals surface area contributed by atoms with Crippen LogP contribution in [0.4, 0.5) is 0 Å². The van der Waals surface area contributed by atoms with Crippen LogP contribution in [-0.2, 0) is 10.0 Å². The highest BCUT2D eigenvalue weighted by Crippen LogP contribution is 2.32. The van der Waals surface area contributed by atoms with Crippen LogP contribution >= 0.6 is 0 Å². The maximum atomic E-state index is 12.6. The van der Waals surface area contributed by atoms with Gasteiger partial charge in [0.1, 0.15) is 5.52 Å². The van der Waals surface area contributed by atoms with E-state index in [0.29, 0.717) is 11.9 Å². The van der Waals surface area contributed by atoms with Crippen molar-refractivity contribution in [2.45, 2.75) is 56.5 Å². The maximum absolute atomic E-state index is 12.6. The van der Waals surface area contributed by atoms with Crippen LogP contribution in [-0.4, -0.2) is 33.6 Å². The molecule has 1 fully saturated rings. The minimum Gasteiger partial charge on any atom is -0.337 e. The van der Waals surface area contributed by atoms with Gasteiger partial charge in [-0.15, -0.1) is 5.10 Å². The average Bonchev–Trinajstić information content (AvgIpc) is 3.53. The highest BCUT2D eigenvalue weighted by atomic mass is 32.2. The molecule has 1 saturated carbocycles. The van der Waals surface area contributed by atoms with Crippen molar-refractivity contribution in [1.82, 2.24) is 29.9 Å². The van der Waals surface area contributed by atoms with Gasteiger partial charge < -0.3 is 4.52 Å². The van der Waals surface area contributed by atoms with E-state index in [1.54, 1.807) is 31.2 Å². The summed E-state index contributed by atoms with van der Waals surface area (Å²) in [5.41, 5.74) is 3.48. The van der Waals surface area contributed by atoms with Gasteiger partial charge in [-0.2, -0.15) is 9.71 Å². The second-order valence-electron chi connectivity index (χ2n) is 8.29. The fraction of sp³-hybridized carbons (Fsp3) is 0.364. The molecule has 1 aliphatic rings. The number of benzene rings is 2. The van der Waals surface area contributed by atoms with Crippen LogP contribution in [0.15, 0.2) is 51.9 Å². The Bertz CT molecular complexity index is 1350. The third kappa shape index (κ3) is 3.91. The number of aryl methyl sites for hydroxylation is 1. The van der Waals surface area contributed by atoms with Crippen molar-refractivity contribution in [3.05, 3.63) is 53.9 Å². The van der Waals surface area contributed by atoms with Crippen molar-refractivity contribution >= 4 is 21.1 Å². The van der Waals surface area contributed by atoms with E-state index in [1.165, 1.54) is 12.8 Å². The Kier molecular flexibility index (Phi) is 5.26. The number of nitrogens with zero attached hydrogens (tertiary/aromatic N) is 5. The largest absolute Gasteiger partial charge is 0.337 e. The van der Waals surface area contributed by atoms with Crippen molar-refractivity contribution in [2.24, 2.45) is 0 Å². The Balaban J connectivity index is 1.36. The lowest BCUT2D eigenvalue weighted by atomic mass is 10.1. The van der Waals surface area contributed by atoms with Crippen LogP contribution in [0.3, 0.4) is 0 Å². The topological polar surface area (TPSA) is 116 Å². The summed E-state index contributed by atoms with van der Waals surface area (Å²) in [6.45, 7) is 3.57. The van der Waals surface area contributed by atoms with Gasteiger partial charge in [0.05, 0.1) is 22.5 Å². The lowest BCUT2D eigenvalue weighted by Gasteiger charge is -2.10. The molecule has 1 N–H and O–H groups in total. The molecule has 9 nitrogen and oxygen atoms in total. The molecule has 0 amide bonds. The minimum absolute atomic E-state index is 0.186. The molecule has 2 aromatic heterocycles. The molecule has 2 heterocycles. The lowest BCUT2D eigenvalue weighted by molar-refractivity contribution is 0.354. The first-order chi connectivity index (χ1) is 15.4. The predicted octanol–water partition coefficient (Wildman–Crippen LogP) is 3.94. The fourth-order valence-electron chi connectivity index (χ4n) is 4.10. The zero-order valence-corrected chi connectivity index (χ0v) is 18.7. The van der Waals surface area contributed by atoms with Gasteiger partial charge in [0.2, 0.25) is 21.7 Å². The van der Waals surface area contributed by atoms with Crippen molar-refractivity contribution in [2.75, 3.05) is 0 Å². The normalized spacial score (nSPS) is 16.1. The summed E-state index contributed by atoms with van der Waals surface area (Å²) >= 11 is 0. The lowest BCUT2D eigenvalue weighted by Crippen LogP contribution is -2.27. The second kappa shape index (κ2) is 8.10. The van der Waals surface area contributed by atoms with Gasteiger partial charge in [0.25, 0.3) is 0 Å². The fourth-order valence-corrected chi connectivity index (χ4v) is 5.29. The molecule has 0 aliphatic heterocycles. The molecule has 2 aromatic carbocycles. The molecule has 1 atom stereocenters. The van der Waals surface area contributed by atoms with Gasteiger partial charge in [-0.25, -0.2) is 13.1 Å². The number of nitrogens with one attached hydrogen (secondary N) is 1. The molecule has 10 heteroatoms. The van der Waals surface area contributed by atoms with E-state index < -0.39 is 16.1 Å². The molecule has 1 aliphatic carbocycles. The van der Waals surface area contributed by atoms with E-state index in [1.807, 2.05) is 29.8 Å². The Labute approximate surface area is 185 Å². The van der Waals surface area contributed by atoms with E-state index in [4.69, 9.17) is 4.52 Å². The summed E-state index contributed by atoms with van der Waals surface area (Å²) in [6.07, 6.45) is 4.71. The summed E-state index contributed by atoms with van der Waals surface area (Å²) in [6, 6.07) is 12.1. The number of fused-ring (bicyclic) bond motifs is 1. The number of aromatic nitrogens is 5. The predicted molar refractivity (Wildman–Crippen MR) is 118 cm³/mol. The third-order valence-electron chi connectivity index (χ3n) is 5.88. The zero-order chi connectivity index (χ0) is 22.3. The number of hydrogen-bond acceptors (Lipinski definition) is 7. The molecular weight excluding hydrogens is 428 g/mol. The van der Waals surface area contributed by atoms with Gasteiger partial charge in [0, 0.05) is 5.56 Å². The Hall–Kier alpha value is -3.11. The van der Waals surface area contributed by atoms with Crippen LogP contribution in [0.2, 0.25) is 0 Å². The van der Waals surface area contributed by atoms with Gasteiger partial charge in [0.15, 0.2) is 0 Å². The molecule has 4 aromatic rings. The Morgan fingerprint density at radius 3 is 2.62 bits per heavy atom. The van der Waals surface area contributed by atoms with E-state index in [2.05, 4.69) is 25.2 Å². The monoisotopic (exact) mass is 452 g/mol. The molecule has 0 unspecified atom stereocenters. The van der Waals surface area contributed by atoms with Gasteiger partial charge in [-0.05, 0) is 57.0 Å². The summed E-state index contributed by atoms with van der Waals surface area (Å²) in [7, 11) is -3.71. The molecule has 0 radical (unpaired) electrons. The number of hydrogen-bond donors (Lipinski definition) is 1. The van der Waals surface area contributed by atoms with Crippen LogP contribution in [0.1, 0.15) is 56.1 Å². The Morgan fingerprint density at radius 2 is 1.88 bits per heavy atom. The van der Waals surface area contributed by atoms with E-state index >= 15 is 0 Å². The molecule has 0 spiro atoms.